The molecule has 1 amide bonds. The number of benzene rings is 3. The molecule has 1 N–H and O–H groups in total. The third-order valence-electron chi connectivity index (χ3n) is 5.60. The summed E-state index contributed by atoms with van der Waals surface area (Å²) >= 11 is 4.76. The molecule has 4 aromatic rings. The molecule has 0 fully saturated rings. The first kappa shape index (κ1) is 26.6. The molecule has 0 radical (unpaired) electrons. The molecule has 190 valence electrons. The van der Waals surface area contributed by atoms with Crippen LogP contribution in [0.1, 0.15) is 31.9 Å². The van der Waals surface area contributed by atoms with E-state index in [9.17, 15) is 4.79 Å². The van der Waals surface area contributed by atoms with Crippen molar-refractivity contribution < 1.29 is 9.53 Å². The van der Waals surface area contributed by atoms with E-state index in [1.165, 1.54) is 17.3 Å². The Morgan fingerprint density at radius 3 is 2.41 bits per heavy atom. The Balaban J connectivity index is 1.56. The number of nitrogens with zero attached hydrogens (tertiary/aromatic N) is 4. The Morgan fingerprint density at radius 2 is 1.76 bits per heavy atom. The number of halogens is 1. The molecule has 0 aliphatic carbocycles. The molecule has 9 heteroatoms. The van der Waals surface area contributed by atoms with Crippen molar-refractivity contribution in [2.45, 2.75) is 31.3 Å². The first-order valence-electron chi connectivity index (χ1n) is 11.7. The van der Waals surface area contributed by atoms with Crippen molar-refractivity contribution in [3.8, 4) is 22.8 Å². The zero-order valence-corrected chi connectivity index (χ0v) is 23.5. The van der Waals surface area contributed by atoms with Gasteiger partial charge in [-0.2, -0.15) is 5.10 Å². The Bertz CT molecular complexity index is 1390. The normalized spacial score (nSPS) is 11.6. The second kappa shape index (κ2) is 11.7. The molecule has 0 spiro atoms. The van der Waals surface area contributed by atoms with Crippen LogP contribution in [0.25, 0.3) is 17.1 Å². The van der Waals surface area contributed by atoms with Gasteiger partial charge in [-0.25, -0.2) is 5.43 Å². The molecule has 0 aliphatic heterocycles. The molecule has 4 rings (SSSR count). The standard InChI is InChI=1S/C28H28BrN5O2S/c1-28(2,3)21-11-9-19(10-12-21)26-32-33-27(34(26)22-13-15-23(36-4)16-14-22)37-18-25(35)31-30-17-20-7-5-6-8-24(20)29/h5-17H,18H2,1-4H3,(H,31,35)/b30-17+. The van der Waals surface area contributed by atoms with E-state index in [0.29, 0.717) is 11.0 Å². The fourth-order valence-corrected chi connectivity index (χ4v) is 4.68. The van der Waals surface area contributed by atoms with E-state index in [1.54, 1.807) is 13.3 Å². The number of methoxy groups -OCH3 is 1. The van der Waals surface area contributed by atoms with E-state index < -0.39 is 0 Å². The number of thioether (sulfide) groups is 1. The fraction of sp³-hybridized carbons (Fsp3) is 0.214. The van der Waals surface area contributed by atoms with E-state index >= 15 is 0 Å². The van der Waals surface area contributed by atoms with Gasteiger partial charge in [-0.15, -0.1) is 10.2 Å². The SMILES string of the molecule is COc1ccc(-n2c(SCC(=O)N/N=C/c3ccccc3Br)nnc2-c2ccc(C(C)(C)C)cc2)cc1. The maximum atomic E-state index is 12.5. The minimum atomic E-state index is -0.242. The van der Waals surface area contributed by atoms with Gasteiger partial charge in [0, 0.05) is 21.3 Å². The highest BCUT2D eigenvalue weighted by molar-refractivity contribution is 9.10. The topological polar surface area (TPSA) is 81.4 Å². The van der Waals surface area contributed by atoms with Crippen molar-refractivity contribution in [3.05, 3.63) is 88.4 Å². The second-order valence-corrected chi connectivity index (χ2v) is 11.1. The Labute approximate surface area is 229 Å². The lowest BCUT2D eigenvalue weighted by Crippen LogP contribution is -2.20. The van der Waals surface area contributed by atoms with Crippen molar-refractivity contribution in [3.63, 3.8) is 0 Å². The van der Waals surface area contributed by atoms with Crippen LogP contribution in [-0.2, 0) is 10.2 Å². The second-order valence-electron chi connectivity index (χ2n) is 9.27. The van der Waals surface area contributed by atoms with Crippen LogP contribution < -0.4 is 10.2 Å². The summed E-state index contributed by atoms with van der Waals surface area (Å²) in [5.74, 6) is 1.34. The van der Waals surface area contributed by atoms with Crippen LogP contribution in [0.2, 0.25) is 0 Å². The summed E-state index contributed by atoms with van der Waals surface area (Å²) in [5.41, 5.74) is 6.54. The van der Waals surface area contributed by atoms with Crippen LogP contribution in [0.3, 0.4) is 0 Å². The third-order valence-corrected chi connectivity index (χ3v) is 7.25. The molecule has 37 heavy (non-hydrogen) atoms. The molecular weight excluding hydrogens is 550 g/mol. The van der Waals surface area contributed by atoms with Crippen molar-refractivity contribution in [2.24, 2.45) is 5.10 Å². The lowest BCUT2D eigenvalue weighted by Gasteiger charge is -2.19. The number of aromatic nitrogens is 3. The van der Waals surface area contributed by atoms with Gasteiger partial charge < -0.3 is 4.74 Å². The molecule has 1 heterocycles. The summed E-state index contributed by atoms with van der Waals surface area (Å²) in [5, 5.41) is 13.6. The van der Waals surface area contributed by atoms with E-state index in [4.69, 9.17) is 4.74 Å². The number of rotatable bonds is 8. The monoisotopic (exact) mass is 577 g/mol. The fourth-order valence-electron chi connectivity index (χ4n) is 3.55. The highest BCUT2D eigenvalue weighted by Gasteiger charge is 2.19. The average molecular weight is 579 g/mol. The Morgan fingerprint density at radius 1 is 1.05 bits per heavy atom. The maximum absolute atomic E-state index is 12.5. The molecular formula is C28H28BrN5O2S. The molecule has 1 aromatic heterocycles. The molecule has 0 bridgehead atoms. The Kier molecular flexibility index (Phi) is 8.45. The number of hydrogen-bond donors (Lipinski definition) is 1. The summed E-state index contributed by atoms with van der Waals surface area (Å²) in [6, 6.07) is 23.7. The highest BCUT2D eigenvalue weighted by Crippen LogP contribution is 2.30. The predicted molar refractivity (Wildman–Crippen MR) is 153 cm³/mol. The van der Waals surface area contributed by atoms with Crippen molar-refractivity contribution in [1.29, 1.82) is 0 Å². The van der Waals surface area contributed by atoms with Gasteiger partial charge in [0.05, 0.1) is 19.1 Å². The van der Waals surface area contributed by atoms with E-state index in [2.05, 4.69) is 81.7 Å². The third kappa shape index (κ3) is 6.67. The van der Waals surface area contributed by atoms with Gasteiger partial charge in [0.15, 0.2) is 11.0 Å². The van der Waals surface area contributed by atoms with Gasteiger partial charge in [0.1, 0.15) is 5.75 Å². The van der Waals surface area contributed by atoms with Crippen molar-refractivity contribution in [1.82, 2.24) is 20.2 Å². The molecule has 0 saturated carbocycles. The molecule has 0 atom stereocenters. The van der Waals surface area contributed by atoms with Crippen LogP contribution in [0.15, 0.2) is 87.5 Å². The largest absolute Gasteiger partial charge is 0.497 e. The molecule has 0 saturated heterocycles. The van der Waals surface area contributed by atoms with Gasteiger partial charge in [0.2, 0.25) is 0 Å². The summed E-state index contributed by atoms with van der Waals surface area (Å²) in [6.07, 6.45) is 1.60. The first-order valence-corrected chi connectivity index (χ1v) is 13.4. The number of hydrogen-bond acceptors (Lipinski definition) is 6. The predicted octanol–water partition coefficient (Wildman–Crippen LogP) is 6.25. The lowest BCUT2D eigenvalue weighted by molar-refractivity contribution is -0.118. The number of carbonyl (C=O) groups is 1. The van der Waals surface area contributed by atoms with Crippen LogP contribution >= 0.6 is 27.7 Å². The van der Waals surface area contributed by atoms with Gasteiger partial charge in [-0.1, -0.05) is 90.9 Å². The van der Waals surface area contributed by atoms with Gasteiger partial charge in [-0.05, 0) is 41.3 Å². The summed E-state index contributed by atoms with van der Waals surface area (Å²) in [4.78, 5) is 12.5. The number of hydrazone groups is 1. The average Bonchev–Trinajstić information content (AvgIpc) is 3.32. The number of nitrogens with one attached hydrogen (secondary N) is 1. The van der Waals surface area contributed by atoms with Crippen molar-refractivity contribution >= 4 is 39.8 Å². The zero-order valence-electron chi connectivity index (χ0n) is 21.1. The molecule has 0 aliphatic rings. The van der Waals surface area contributed by atoms with E-state index in [1.807, 2.05) is 53.1 Å². The number of carbonyl (C=O) groups excluding carboxylic acids is 1. The Hall–Kier alpha value is -3.43. The molecule has 0 unspecified atom stereocenters. The summed E-state index contributed by atoms with van der Waals surface area (Å²) in [6.45, 7) is 6.55. The molecule has 7 nitrogen and oxygen atoms in total. The van der Waals surface area contributed by atoms with Gasteiger partial charge >= 0.3 is 0 Å². The zero-order chi connectivity index (χ0) is 26.4. The maximum Gasteiger partial charge on any atom is 0.250 e. The van der Waals surface area contributed by atoms with Crippen LogP contribution in [0.4, 0.5) is 0 Å². The summed E-state index contributed by atoms with van der Waals surface area (Å²) in [7, 11) is 1.63. The lowest BCUT2D eigenvalue weighted by atomic mass is 9.87. The van der Waals surface area contributed by atoms with Gasteiger partial charge in [-0.3, -0.25) is 9.36 Å². The van der Waals surface area contributed by atoms with Crippen LogP contribution in [-0.4, -0.2) is 39.7 Å². The molecule has 3 aromatic carbocycles. The van der Waals surface area contributed by atoms with E-state index in [0.717, 1.165) is 27.0 Å². The van der Waals surface area contributed by atoms with Crippen molar-refractivity contribution in [2.75, 3.05) is 12.9 Å². The summed E-state index contributed by atoms with van der Waals surface area (Å²) < 4.78 is 8.17. The van der Waals surface area contributed by atoms with Crippen LogP contribution in [0, 0.1) is 0 Å². The van der Waals surface area contributed by atoms with Gasteiger partial charge in [0.25, 0.3) is 5.91 Å². The highest BCUT2D eigenvalue weighted by atomic mass is 79.9. The quantitative estimate of drug-likeness (QED) is 0.152. The smallest absolute Gasteiger partial charge is 0.250 e. The minimum absolute atomic E-state index is 0.0512. The number of amides is 1. The first-order chi connectivity index (χ1) is 17.8. The van der Waals surface area contributed by atoms with E-state index in [-0.39, 0.29) is 17.1 Å². The minimum Gasteiger partial charge on any atom is -0.497 e. The van der Waals surface area contributed by atoms with Crippen LogP contribution in [0.5, 0.6) is 5.75 Å². The number of ether oxygens (including phenoxy) is 1.